The molecule has 1 aliphatic heterocycles. The molecule has 1 aliphatic rings. The SMILES string of the molecule is CSC1=NC(=O)N=C1. The third-order valence-electron chi connectivity index (χ3n) is 0.700. The molecule has 42 valence electrons. The lowest BCUT2D eigenvalue weighted by atomic mass is 10.8. The van der Waals surface area contributed by atoms with Crippen molar-refractivity contribution >= 4 is 29.1 Å². The van der Waals surface area contributed by atoms with E-state index in [9.17, 15) is 4.79 Å². The van der Waals surface area contributed by atoms with Crippen molar-refractivity contribution in [2.45, 2.75) is 0 Å². The predicted molar refractivity (Wildman–Crippen MR) is 34.8 cm³/mol. The molecule has 0 aromatic carbocycles. The molecule has 0 aliphatic carbocycles. The summed E-state index contributed by atoms with van der Waals surface area (Å²) in [6.07, 6.45) is 3.32. The van der Waals surface area contributed by atoms with Crippen molar-refractivity contribution in [1.82, 2.24) is 0 Å². The number of amides is 2. The van der Waals surface area contributed by atoms with Crippen LogP contribution >= 0.6 is 11.8 Å². The molecule has 0 radical (unpaired) electrons. The summed E-state index contributed by atoms with van der Waals surface area (Å²) in [6.45, 7) is 0. The summed E-state index contributed by atoms with van der Waals surface area (Å²) in [5.74, 6) is 0. The van der Waals surface area contributed by atoms with Gasteiger partial charge in [-0.05, 0) is 6.26 Å². The Bertz CT molecular complexity index is 173. The molecule has 0 atom stereocenters. The molecule has 1 rings (SSSR count). The van der Waals surface area contributed by atoms with E-state index in [0.717, 1.165) is 0 Å². The fraction of sp³-hybridized carbons (Fsp3) is 0.250. The lowest BCUT2D eigenvalue weighted by Gasteiger charge is -1.79. The molecule has 3 nitrogen and oxygen atoms in total. The van der Waals surface area contributed by atoms with Crippen LogP contribution in [0.15, 0.2) is 9.98 Å². The van der Waals surface area contributed by atoms with Crippen LogP contribution in [-0.2, 0) is 0 Å². The number of rotatable bonds is 0. The molecule has 0 bridgehead atoms. The lowest BCUT2D eigenvalue weighted by molar-refractivity contribution is 0.257. The maximum atomic E-state index is 10.2. The third-order valence-corrected chi connectivity index (χ3v) is 1.32. The lowest BCUT2D eigenvalue weighted by Crippen LogP contribution is -1.84. The number of hydrogen-bond donors (Lipinski definition) is 0. The van der Waals surface area contributed by atoms with Crippen molar-refractivity contribution in [3.63, 3.8) is 0 Å². The first-order valence-corrected chi connectivity index (χ1v) is 3.26. The highest BCUT2D eigenvalue weighted by molar-refractivity contribution is 8.15. The molecule has 0 unspecified atom stereocenters. The van der Waals surface area contributed by atoms with Crippen LogP contribution in [0.3, 0.4) is 0 Å². The Labute approximate surface area is 50.9 Å². The van der Waals surface area contributed by atoms with E-state index in [1.54, 1.807) is 0 Å². The van der Waals surface area contributed by atoms with Gasteiger partial charge in [0, 0.05) is 0 Å². The van der Waals surface area contributed by atoms with Crippen LogP contribution in [0.5, 0.6) is 0 Å². The van der Waals surface area contributed by atoms with Crippen molar-refractivity contribution in [2.24, 2.45) is 9.98 Å². The first kappa shape index (κ1) is 5.50. The first-order valence-electron chi connectivity index (χ1n) is 2.03. The zero-order chi connectivity index (χ0) is 5.98. The smallest absolute Gasteiger partial charge is 0.244 e. The fourth-order valence-corrected chi connectivity index (χ4v) is 0.688. The molecule has 1 heterocycles. The maximum Gasteiger partial charge on any atom is 0.368 e. The van der Waals surface area contributed by atoms with E-state index in [1.807, 2.05) is 6.26 Å². The highest BCUT2D eigenvalue weighted by atomic mass is 32.2. The minimum Gasteiger partial charge on any atom is -0.244 e. The summed E-state index contributed by atoms with van der Waals surface area (Å²) < 4.78 is 0. The zero-order valence-corrected chi connectivity index (χ0v) is 5.10. The molecule has 0 fully saturated rings. The molecule has 2 amide bonds. The highest BCUT2D eigenvalue weighted by Crippen LogP contribution is 2.02. The monoisotopic (exact) mass is 128 g/mol. The van der Waals surface area contributed by atoms with E-state index in [0.29, 0.717) is 5.04 Å². The topological polar surface area (TPSA) is 41.8 Å². The quantitative estimate of drug-likeness (QED) is 0.487. The average molecular weight is 128 g/mol. The van der Waals surface area contributed by atoms with Crippen LogP contribution in [-0.4, -0.2) is 23.5 Å². The van der Waals surface area contributed by atoms with Crippen molar-refractivity contribution < 1.29 is 4.79 Å². The number of thioether (sulfide) groups is 1. The highest BCUT2D eigenvalue weighted by Gasteiger charge is 2.04. The third kappa shape index (κ3) is 0.949. The van der Waals surface area contributed by atoms with Crippen LogP contribution in [0, 0.1) is 0 Å². The second-order valence-corrected chi connectivity index (χ2v) is 2.02. The summed E-state index contributed by atoms with van der Waals surface area (Å²) >= 11 is 1.42. The van der Waals surface area contributed by atoms with Gasteiger partial charge in [-0.25, -0.2) is 4.79 Å². The van der Waals surface area contributed by atoms with Gasteiger partial charge in [0.25, 0.3) is 0 Å². The second-order valence-electron chi connectivity index (χ2n) is 1.19. The Morgan fingerprint density at radius 2 is 2.50 bits per heavy atom. The molecule has 0 N–H and O–H groups in total. The maximum absolute atomic E-state index is 10.2. The summed E-state index contributed by atoms with van der Waals surface area (Å²) in [4.78, 5) is 17.1. The van der Waals surface area contributed by atoms with E-state index >= 15 is 0 Å². The van der Waals surface area contributed by atoms with E-state index in [1.165, 1.54) is 18.0 Å². The molecule has 0 aromatic rings. The van der Waals surface area contributed by atoms with Crippen LogP contribution in [0.4, 0.5) is 4.79 Å². The van der Waals surface area contributed by atoms with Gasteiger partial charge in [0.15, 0.2) is 0 Å². The minimum atomic E-state index is -0.394. The molecular formula is C4H4N2OS. The van der Waals surface area contributed by atoms with Crippen molar-refractivity contribution in [1.29, 1.82) is 0 Å². The van der Waals surface area contributed by atoms with Gasteiger partial charge in [-0.2, -0.15) is 9.98 Å². The number of nitrogens with zero attached hydrogens (tertiary/aromatic N) is 2. The van der Waals surface area contributed by atoms with Gasteiger partial charge in [0.05, 0.1) is 6.21 Å². The summed E-state index contributed by atoms with van der Waals surface area (Å²) in [6, 6.07) is -0.394. The van der Waals surface area contributed by atoms with Gasteiger partial charge in [-0.15, -0.1) is 11.8 Å². The van der Waals surface area contributed by atoms with E-state index in [-0.39, 0.29) is 0 Å². The molecule has 0 aromatic heterocycles. The van der Waals surface area contributed by atoms with Gasteiger partial charge in [0.1, 0.15) is 5.04 Å². The van der Waals surface area contributed by atoms with Crippen molar-refractivity contribution in [2.75, 3.05) is 6.26 Å². The standard InChI is InChI=1S/C4H4N2OS/c1-8-3-2-5-4(7)6-3/h2H,1H3. The first-order chi connectivity index (χ1) is 3.83. The van der Waals surface area contributed by atoms with Gasteiger partial charge in [0.2, 0.25) is 0 Å². The summed E-state index contributed by atoms with van der Waals surface area (Å²) in [5.41, 5.74) is 0. The van der Waals surface area contributed by atoms with Crippen LogP contribution in [0.25, 0.3) is 0 Å². The van der Waals surface area contributed by atoms with E-state index < -0.39 is 6.03 Å². The van der Waals surface area contributed by atoms with Gasteiger partial charge in [-0.1, -0.05) is 0 Å². The Kier molecular flexibility index (Phi) is 1.43. The molecule has 0 spiro atoms. The molecular weight excluding hydrogens is 124 g/mol. The van der Waals surface area contributed by atoms with Crippen LogP contribution in [0.1, 0.15) is 0 Å². The molecule has 0 saturated carbocycles. The van der Waals surface area contributed by atoms with Crippen LogP contribution in [0.2, 0.25) is 0 Å². The molecule has 4 heteroatoms. The van der Waals surface area contributed by atoms with Gasteiger partial charge in [-0.3, -0.25) is 0 Å². The zero-order valence-electron chi connectivity index (χ0n) is 4.29. The molecule has 8 heavy (non-hydrogen) atoms. The Morgan fingerprint density at radius 3 is 2.75 bits per heavy atom. The van der Waals surface area contributed by atoms with Crippen LogP contribution < -0.4 is 0 Å². The number of aliphatic imine (C=N–C) groups is 2. The van der Waals surface area contributed by atoms with E-state index in [4.69, 9.17) is 0 Å². The minimum absolute atomic E-state index is 0.394. The number of urea groups is 1. The summed E-state index contributed by atoms with van der Waals surface area (Å²) in [5, 5.41) is 0.690. The number of carbonyl (C=O) groups excluding carboxylic acids is 1. The predicted octanol–water partition coefficient (Wildman–Crippen LogP) is 0.952. The Balaban J connectivity index is 2.72. The van der Waals surface area contributed by atoms with Gasteiger partial charge >= 0.3 is 6.03 Å². The van der Waals surface area contributed by atoms with E-state index in [2.05, 4.69) is 9.98 Å². The Hall–Kier alpha value is -0.640. The number of carbonyl (C=O) groups is 1. The van der Waals surface area contributed by atoms with Crippen molar-refractivity contribution in [3.05, 3.63) is 0 Å². The summed E-state index contributed by atoms with van der Waals surface area (Å²) in [7, 11) is 0. The second kappa shape index (κ2) is 2.09. The largest absolute Gasteiger partial charge is 0.368 e. The van der Waals surface area contributed by atoms with Crippen molar-refractivity contribution in [3.8, 4) is 0 Å². The normalized spacial score (nSPS) is 17.1. The number of hydrogen-bond acceptors (Lipinski definition) is 2. The fourth-order valence-electron chi connectivity index (χ4n) is 0.361. The Morgan fingerprint density at radius 1 is 1.75 bits per heavy atom. The molecule has 0 saturated heterocycles. The van der Waals surface area contributed by atoms with Gasteiger partial charge < -0.3 is 0 Å². The average Bonchev–Trinajstić information content (AvgIpc) is 2.14.